The first-order chi connectivity index (χ1) is 11.2. The van der Waals surface area contributed by atoms with Gasteiger partial charge in [0.15, 0.2) is 5.76 Å². The van der Waals surface area contributed by atoms with Crippen molar-refractivity contribution in [3.8, 4) is 12.3 Å². The van der Waals surface area contributed by atoms with Crippen LogP contribution in [0.15, 0.2) is 22.8 Å². The summed E-state index contributed by atoms with van der Waals surface area (Å²) in [5.41, 5.74) is 0. The summed E-state index contributed by atoms with van der Waals surface area (Å²) < 4.78 is 5.13. The Hall–Kier alpha value is -1.77. The Labute approximate surface area is 138 Å². The molecule has 1 N–H and O–H groups in total. The van der Waals surface area contributed by atoms with Crippen LogP contribution in [0.4, 0.5) is 0 Å². The summed E-state index contributed by atoms with van der Waals surface area (Å²) in [6, 6.07) is 3.87. The van der Waals surface area contributed by atoms with Gasteiger partial charge in [-0.1, -0.05) is 5.92 Å². The van der Waals surface area contributed by atoms with Crippen LogP contribution in [0.5, 0.6) is 0 Å². The van der Waals surface area contributed by atoms with Crippen molar-refractivity contribution < 1.29 is 9.21 Å². The molecule has 4 atom stereocenters. The number of furan rings is 1. The lowest BCUT2D eigenvalue weighted by Crippen LogP contribution is -2.58. The number of terminal acetylenes is 1. The molecule has 3 fully saturated rings. The van der Waals surface area contributed by atoms with Crippen molar-refractivity contribution in [3.05, 3.63) is 24.2 Å². The molecule has 5 heteroatoms. The number of nitrogens with zero attached hydrogens (tertiary/aromatic N) is 2. The lowest BCUT2D eigenvalue weighted by molar-refractivity contribution is -0.00769. The van der Waals surface area contributed by atoms with Crippen molar-refractivity contribution in [2.24, 2.45) is 11.8 Å². The van der Waals surface area contributed by atoms with Gasteiger partial charge in [-0.15, -0.1) is 6.42 Å². The highest BCUT2D eigenvalue weighted by molar-refractivity contribution is 5.91. The number of hydrogen-bond acceptors (Lipinski definition) is 4. The van der Waals surface area contributed by atoms with Gasteiger partial charge in [-0.25, -0.2) is 0 Å². The maximum absolute atomic E-state index is 12.0. The molecule has 3 aliphatic heterocycles. The lowest BCUT2D eigenvalue weighted by atomic mass is 9.75. The monoisotopic (exact) mass is 315 g/mol. The van der Waals surface area contributed by atoms with E-state index in [1.54, 1.807) is 12.1 Å². The molecular formula is C18H25N3O2. The molecule has 0 radical (unpaired) electrons. The number of nitrogens with one attached hydrogen (secondary N) is 1. The summed E-state index contributed by atoms with van der Waals surface area (Å²) in [6.45, 7) is 4.73. The molecule has 0 saturated carbocycles. The van der Waals surface area contributed by atoms with Crippen LogP contribution < -0.4 is 5.32 Å². The van der Waals surface area contributed by atoms with Gasteiger partial charge in [-0.05, 0) is 50.4 Å². The molecular weight excluding hydrogens is 290 g/mol. The zero-order chi connectivity index (χ0) is 16.2. The molecule has 2 bridgehead atoms. The SMILES string of the molecule is C#CCN(C)CC1CN2CCC1CC2CNC(=O)c1ccco1. The molecule has 1 aromatic heterocycles. The van der Waals surface area contributed by atoms with Crippen molar-refractivity contribution in [2.75, 3.05) is 39.8 Å². The van der Waals surface area contributed by atoms with E-state index in [0.717, 1.165) is 32.0 Å². The van der Waals surface area contributed by atoms with Gasteiger partial charge in [0.25, 0.3) is 5.91 Å². The summed E-state index contributed by atoms with van der Waals surface area (Å²) in [5, 5.41) is 3.00. The smallest absolute Gasteiger partial charge is 0.287 e. The largest absolute Gasteiger partial charge is 0.459 e. The van der Waals surface area contributed by atoms with Crippen molar-refractivity contribution >= 4 is 5.91 Å². The summed E-state index contributed by atoms with van der Waals surface area (Å²) in [5.74, 6) is 4.41. The first-order valence-electron chi connectivity index (χ1n) is 8.35. The van der Waals surface area contributed by atoms with Gasteiger partial charge in [0.1, 0.15) is 0 Å². The number of piperidine rings is 3. The molecule has 0 aromatic carbocycles. The Morgan fingerprint density at radius 1 is 1.61 bits per heavy atom. The fourth-order valence-electron chi connectivity index (χ4n) is 3.99. The van der Waals surface area contributed by atoms with E-state index in [0.29, 0.717) is 30.8 Å². The predicted molar refractivity (Wildman–Crippen MR) is 88.9 cm³/mol. The summed E-state index contributed by atoms with van der Waals surface area (Å²) in [4.78, 5) is 16.7. The van der Waals surface area contributed by atoms with Gasteiger partial charge < -0.3 is 9.73 Å². The Morgan fingerprint density at radius 3 is 3.13 bits per heavy atom. The van der Waals surface area contributed by atoms with Crippen LogP contribution in [0.1, 0.15) is 23.4 Å². The van der Waals surface area contributed by atoms with E-state index in [1.807, 2.05) is 0 Å². The molecule has 23 heavy (non-hydrogen) atoms. The number of amides is 1. The molecule has 0 aliphatic carbocycles. The lowest BCUT2D eigenvalue weighted by Gasteiger charge is -2.50. The minimum Gasteiger partial charge on any atom is -0.459 e. The van der Waals surface area contributed by atoms with Gasteiger partial charge in [0.2, 0.25) is 0 Å². The minimum atomic E-state index is -0.122. The Bertz CT molecular complexity index is 563. The van der Waals surface area contributed by atoms with Gasteiger partial charge in [0.05, 0.1) is 12.8 Å². The Morgan fingerprint density at radius 2 is 2.48 bits per heavy atom. The second-order valence-corrected chi connectivity index (χ2v) is 6.78. The maximum Gasteiger partial charge on any atom is 0.287 e. The molecule has 1 aromatic rings. The van der Waals surface area contributed by atoms with E-state index in [-0.39, 0.29) is 5.91 Å². The number of carbonyl (C=O) groups excluding carboxylic acids is 1. The molecule has 4 unspecified atom stereocenters. The second kappa shape index (κ2) is 7.20. The first-order valence-corrected chi connectivity index (χ1v) is 8.35. The van der Waals surface area contributed by atoms with Gasteiger partial charge >= 0.3 is 0 Å². The minimum absolute atomic E-state index is 0.122. The zero-order valence-corrected chi connectivity index (χ0v) is 13.7. The normalized spacial score (nSPS) is 29.4. The molecule has 4 heterocycles. The van der Waals surface area contributed by atoms with Crippen molar-refractivity contribution in [1.29, 1.82) is 0 Å². The van der Waals surface area contributed by atoms with Crippen LogP contribution >= 0.6 is 0 Å². The third-order valence-corrected chi connectivity index (χ3v) is 5.16. The standard InChI is InChI=1S/C18H25N3O2/c1-3-7-20(2)12-15-13-21-8-6-14(15)10-16(21)11-19-18(22)17-5-4-9-23-17/h1,4-5,9,14-16H,6-8,10-13H2,2H3,(H,19,22). The summed E-state index contributed by atoms with van der Waals surface area (Å²) >= 11 is 0. The van der Waals surface area contributed by atoms with E-state index >= 15 is 0 Å². The molecule has 4 rings (SSSR count). The number of fused-ring (bicyclic) bond motifs is 3. The molecule has 5 nitrogen and oxygen atoms in total. The van der Waals surface area contributed by atoms with Crippen LogP contribution in [0, 0.1) is 24.2 Å². The van der Waals surface area contributed by atoms with Crippen molar-refractivity contribution in [3.63, 3.8) is 0 Å². The van der Waals surface area contributed by atoms with Crippen molar-refractivity contribution in [1.82, 2.24) is 15.1 Å². The summed E-state index contributed by atoms with van der Waals surface area (Å²) in [7, 11) is 2.10. The number of hydrogen-bond donors (Lipinski definition) is 1. The van der Waals surface area contributed by atoms with Crippen LogP contribution in [-0.4, -0.2) is 61.5 Å². The molecule has 3 aliphatic rings. The number of rotatable bonds is 6. The predicted octanol–water partition coefficient (Wildman–Crippen LogP) is 1.28. The average molecular weight is 315 g/mol. The van der Waals surface area contributed by atoms with Crippen LogP contribution in [0.3, 0.4) is 0 Å². The van der Waals surface area contributed by atoms with E-state index in [1.165, 1.54) is 12.7 Å². The fourth-order valence-corrected chi connectivity index (χ4v) is 3.99. The van der Waals surface area contributed by atoms with Crippen LogP contribution in [-0.2, 0) is 0 Å². The summed E-state index contributed by atoms with van der Waals surface area (Å²) in [6.07, 6.45) is 9.34. The van der Waals surface area contributed by atoms with E-state index in [2.05, 4.69) is 28.1 Å². The third kappa shape index (κ3) is 3.77. The van der Waals surface area contributed by atoms with Gasteiger partial charge in [-0.3, -0.25) is 14.6 Å². The highest BCUT2D eigenvalue weighted by Gasteiger charge is 2.40. The topological polar surface area (TPSA) is 48.7 Å². The van der Waals surface area contributed by atoms with Gasteiger partial charge in [0, 0.05) is 25.7 Å². The maximum atomic E-state index is 12.0. The molecule has 124 valence electrons. The van der Waals surface area contributed by atoms with Crippen LogP contribution in [0.2, 0.25) is 0 Å². The highest BCUT2D eigenvalue weighted by Crippen LogP contribution is 2.36. The fraction of sp³-hybridized carbons (Fsp3) is 0.611. The molecule has 3 saturated heterocycles. The Balaban J connectivity index is 1.49. The molecule has 1 amide bonds. The van der Waals surface area contributed by atoms with Crippen LogP contribution in [0.25, 0.3) is 0 Å². The third-order valence-electron chi connectivity index (χ3n) is 5.16. The second-order valence-electron chi connectivity index (χ2n) is 6.78. The van der Waals surface area contributed by atoms with E-state index in [4.69, 9.17) is 10.8 Å². The van der Waals surface area contributed by atoms with E-state index in [9.17, 15) is 4.79 Å². The molecule has 0 spiro atoms. The highest BCUT2D eigenvalue weighted by atomic mass is 16.3. The van der Waals surface area contributed by atoms with Crippen molar-refractivity contribution in [2.45, 2.75) is 18.9 Å². The zero-order valence-electron chi connectivity index (χ0n) is 13.7. The van der Waals surface area contributed by atoms with Gasteiger partial charge in [-0.2, -0.15) is 0 Å². The first kappa shape index (κ1) is 16.1. The average Bonchev–Trinajstić information content (AvgIpc) is 3.08. The quantitative estimate of drug-likeness (QED) is 0.804. The number of carbonyl (C=O) groups is 1. The van der Waals surface area contributed by atoms with E-state index < -0.39 is 0 Å². The Kier molecular flexibility index (Phi) is 5.04.